The number of piperidine rings is 1. The van der Waals surface area contributed by atoms with Crippen molar-refractivity contribution in [2.45, 2.75) is 38.0 Å². The molecule has 2 aliphatic rings. The zero-order valence-corrected chi connectivity index (χ0v) is 15.3. The quantitative estimate of drug-likeness (QED) is 0.678. The lowest BCUT2D eigenvalue weighted by Crippen LogP contribution is -2.49. The number of rotatable bonds is 4. The van der Waals surface area contributed by atoms with Crippen LogP contribution in [0.2, 0.25) is 0 Å². The summed E-state index contributed by atoms with van der Waals surface area (Å²) in [4.78, 5) is 19.0. The van der Waals surface area contributed by atoms with Crippen molar-refractivity contribution in [3.05, 3.63) is 48.1 Å². The summed E-state index contributed by atoms with van der Waals surface area (Å²) in [5.74, 6) is 1.09. The van der Waals surface area contributed by atoms with Gasteiger partial charge in [-0.25, -0.2) is 4.68 Å². The summed E-state index contributed by atoms with van der Waals surface area (Å²) in [6, 6.07) is 9.66. The zero-order chi connectivity index (χ0) is 18.9. The van der Waals surface area contributed by atoms with E-state index in [1.165, 1.54) is 0 Å². The van der Waals surface area contributed by atoms with Gasteiger partial charge in [0.2, 0.25) is 17.6 Å². The molecule has 5 rings (SSSR count). The highest BCUT2D eigenvalue weighted by molar-refractivity contribution is 5.76. The van der Waals surface area contributed by atoms with Crippen LogP contribution in [0, 0.1) is 0 Å². The monoisotopic (exact) mass is 380 g/mol. The minimum absolute atomic E-state index is 0.0250. The highest BCUT2D eigenvalue weighted by Gasteiger charge is 2.37. The lowest BCUT2D eigenvalue weighted by Gasteiger charge is -2.41. The van der Waals surface area contributed by atoms with E-state index >= 15 is 0 Å². The number of ether oxygens (including phenoxy) is 1. The molecule has 9 nitrogen and oxygen atoms in total. The van der Waals surface area contributed by atoms with Crippen LogP contribution in [0.1, 0.15) is 30.5 Å². The number of aromatic nitrogens is 5. The molecule has 1 amide bonds. The van der Waals surface area contributed by atoms with Crippen LogP contribution in [0.25, 0.3) is 11.4 Å². The maximum Gasteiger partial charge on any atom is 0.227 e. The molecule has 1 fully saturated rings. The van der Waals surface area contributed by atoms with Crippen LogP contribution in [-0.4, -0.2) is 55.1 Å². The Morgan fingerprint density at radius 1 is 1.25 bits per heavy atom. The molecule has 0 bridgehead atoms. The predicted molar refractivity (Wildman–Crippen MR) is 96.9 cm³/mol. The van der Waals surface area contributed by atoms with E-state index in [9.17, 15) is 4.79 Å². The number of hydrogen-bond donors (Lipinski definition) is 0. The van der Waals surface area contributed by atoms with E-state index in [4.69, 9.17) is 9.26 Å². The van der Waals surface area contributed by atoms with Gasteiger partial charge in [0.25, 0.3) is 0 Å². The van der Waals surface area contributed by atoms with Gasteiger partial charge in [0.05, 0.1) is 30.6 Å². The number of carbonyl (C=O) groups excluding carboxylic acids is 1. The third-order valence-corrected chi connectivity index (χ3v) is 5.33. The smallest absolute Gasteiger partial charge is 0.227 e. The lowest BCUT2D eigenvalue weighted by molar-refractivity contribution is -0.138. The number of likely N-dealkylation sites (tertiary alicyclic amines) is 1. The van der Waals surface area contributed by atoms with Crippen LogP contribution in [-0.2, 0) is 22.6 Å². The predicted octanol–water partition coefficient (Wildman–Crippen LogP) is 1.63. The second-order valence-electron chi connectivity index (χ2n) is 7.09. The van der Waals surface area contributed by atoms with E-state index < -0.39 is 0 Å². The molecule has 1 aromatic carbocycles. The second kappa shape index (κ2) is 7.16. The summed E-state index contributed by atoms with van der Waals surface area (Å²) < 4.78 is 13.1. The van der Waals surface area contributed by atoms with Gasteiger partial charge in [-0.2, -0.15) is 4.98 Å². The maximum absolute atomic E-state index is 12.7. The number of hydrogen-bond acceptors (Lipinski definition) is 7. The van der Waals surface area contributed by atoms with Crippen molar-refractivity contribution in [3.8, 4) is 11.4 Å². The van der Waals surface area contributed by atoms with Gasteiger partial charge in [0.1, 0.15) is 0 Å². The SMILES string of the molecule is O=C(CCc1nc(-c2ccccc2)no1)N1CC[C@@H]2OCc3cnnn3[C@@H]2C1. The highest BCUT2D eigenvalue weighted by atomic mass is 16.5. The molecule has 3 aromatic rings. The van der Waals surface area contributed by atoms with Gasteiger partial charge < -0.3 is 14.2 Å². The van der Waals surface area contributed by atoms with Crippen molar-refractivity contribution in [2.75, 3.05) is 13.1 Å². The van der Waals surface area contributed by atoms with Crippen molar-refractivity contribution in [3.63, 3.8) is 0 Å². The van der Waals surface area contributed by atoms with E-state index in [1.807, 2.05) is 39.9 Å². The largest absolute Gasteiger partial charge is 0.370 e. The lowest BCUT2D eigenvalue weighted by atomic mass is 10.00. The fourth-order valence-corrected chi connectivity index (χ4v) is 3.84. The van der Waals surface area contributed by atoms with Crippen LogP contribution in [0.3, 0.4) is 0 Å². The van der Waals surface area contributed by atoms with Crippen molar-refractivity contribution in [1.29, 1.82) is 0 Å². The molecule has 144 valence electrons. The van der Waals surface area contributed by atoms with Crippen molar-refractivity contribution >= 4 is 5.91 Å². The normalized spacial score (nSPS) is 21.2. The van der Waals surface area contributed by atoms with Crippen LogP contribution in [0.4, 0.5) is 0 Å². The summed E-state index contributed by atoms with van der Waals surface area (Å²) in [6.07, 6.45) is 3.36. The van der Waals surface area contributed by atoms with E-state index in [-0.39, 0.29) is 18.1 Å². The molecule has 4 heterocycles. The van der Waals surface area contributed by atoms with Gasteiger partial charge >= 0.3 is 0 Å². The van der Waals surface area contributed by atoms with Gasteiger partial charge in [0.15, 0.2) is 0 Å². The number of carbonyl (C=O) groups is 1. The standard InChI is InChI=1S/C19H20N6O3/c26-18(7-6-17-21-19(22-28-17)13-4-2-1-3-5-13)24-9-8-16-15(11-24)25-14(12-27-16)10-20-23-25/h1-5,10,15-16H,6-9,11-12H2/t15-,16+/m1/s1. The van der Waals surface area contributed by atoms with Crippen molar-refractivity contribution in [2.24, 2.45) is 0 Å². The average molecular weight is 380 g/mol. The Bertz CT molecular complexity index is 969. The zero-order valence-electron chi connectivity index (χ0n) is 15.3. The molecule has 2 aliphatic heterocycles. The molecule has 0 radical (unpaired) electrons. The first-order chi connectivity index (χ1) is 13.8. The topological polar surface area (TPSA) is 99.2 Å². The van der Waals surface area contributed by atoms with E-state index in [0.29, 0.717) is 44.3 Å². The van der Waals surface area contributed by atoms with Crippen LogP contribution < -0.4 is 0 Å². The molecule has 28 heavy (non-hydrogen) atoms. The van der Waals surface area contributed by atoms with E-state index in [2.05, 4.69) is 20.5 Å². The Morgan fingerprint density at radius 3 is 3.04 bits per heavy atom. The first kappa shape index (κ1) is 17.1. The van der Waals surface area contributed by atoms with Crippen LogP contribution in [0.5, 0.6) is 0 Å². The minimum Gasteiger partial charge on any atom is -0.370 e. The number of fused-ring (bicyclic) bond motifs is 3. The summed E-state index contributed by atoms with van der Waals surface area (Å²) in [7, 11) is 0. The highest BCUT2D eigenvalue weighted by Crippen LogP contribution is 2.30. The Kier molecular flexibility index (Phi) is 4.36. The third kappa shape index (κ3) is 3.18. The van der Waals surface area contributed by atoms with Crippen LogP contribution in [0.15, 0.2) is 41.1 Å². The maximum atomic E-state index is 12.7. The van der Waals surface area contributed by atoms with Gasteiger partial charge in [-0.05, 0) is 6.42 Å². The molecule has 0 N–H and O–H groups in total. The van der Waals surface area contributed by atoms with Crippen LogP contribution >= 0.6 is 0 Å². The Hall–Kier alpha value is -3.07. The first-order valence-electron chi connectivity index (χ1n) is 9.44. The fourth-order valence-electron chi connectivity index (χ4n) is 3.84. The minimum atomic E-state index is 0.0250. The Labute approximate surface area is 161 Å². The Balaban J connectivity index is 1.21. The van der Waals surface area contributed by atoms with Crippen molar-refractivity contribution in [1.82, 2.24) is 30.0 Å². The molecule has 9 heteroatoms. The summed E-state index contributed by atoms with van der Waals surface area (Å²) in [5, 5.41) is 12.1. The molecule has 1 saturated heterocycles. The number of benzene rings is 1. The molecule has 0 unspecified atom stereocenters. The molecule has 2 aromatic heterocycles. The van der Waals surface area contributed by atoms with Gasteiger partial charge in [-0.1, -0.05) is 40.7 Å². The second-order valence-corrected chi connectivity index (χ2v) is 7.09. The molecule has 0 aliphatic carbocycles. The van der Waals surface area contributed by atoms with Gasteiger partial charge in [-0.3, -0.25) is 4.79 Å². The molecule has 2 atom stereocenters. The molecular weight excluding hydrogens is 360 g/mol. The Morgan fingerprint density at radius 2 is 2.14 bits per heavy atom. The van der Waals surface area contributed by atoms with E-state index in [0.717, 1.165) is 17.7 Å². The summed E-state index contributed by atoms with van der Waals surface area (Å²) >= 11 is 0. The first-order valence-corrected chi connectivity index (χ1v) is 9.44. The van der Waals surface area contributed by atoms with Gasteiger partial charge in [-0.15, -0.1) is 5.10 Å². The van der Waals surface area contributed by atoms with Crippen molar-refractivity contribution < 1.29 is 14.1 Å². The third-order valence-electron chi connectivity index (χ3n) is 5.33. The summed E-state index contributed by atoms with van der Waals surface area (Å²) in [5.41, 5.74) is 1.85. The number of nitrogens with zero attached hydrogens (tertiary/aromatic N) is 6. The molecule has 0 spiro atoms. The molecular formula is C19H20N6O3. The van der Waals surface area contributed by atoms with E-state index in [1.54, 1.807) is 6.20 Å². The fraction of sp³-hybridized carbons (Fsp3) is 0.421. The average Bonchev–Trinajstić information content (AvgIpc) is 3.42. The summed E-state index contributed by atoms with van der Waals surface area (Å²) in [6.45, 7) is 1.80. The number of amides is 1. The van der Waals surface area contributed by atoms with Gasteiger partial charge in [0, 0.05) is 31.5 Å². The number of aryl methyl sites for hydroxylation is 1. The molecule has 0 saturated carbocycles.